The fourth-order valence-electron chi connectivity index (χ4n) is 2.37. The summed E-state index contributed by atoms with van der Waals surface area (Å²) in [6.45, 7) is 1.26. The van der Waals surface area contributed by atoms with Gasteiger partial charge in [0.2, 0.25) is 0 Å². The molecule has 22 heavy (non-hydrogen) atoms. The van der Waals surface area contributed by atoms with Crippen LogP contribution in [-0.2, 0) is 4.74 Å². The number of ether oxygens (including phenoxy) is 2. The van der Waals surface area contributed by atoms with Gasteiger partial charge in [0.05, 0.1) is 23.6 Å². The minimum Gasteiger partial charge on any atom is -0.490 e. The maximum absolute atomic E-state index is 12.4. The van der Waals surface area contributed by atoms with Gasteiger partial charge in [0, 0.05) is 12.8 Å². The lowest BCUT2D eigenvalue weighted by molar-refractivity contribution is 0.0673. The molecule has 0 unspecified atom stereocenters. The maximum Gasteiger partial charge on any atom is 0.259 e. The molecule has 1 aromatic carbocycles. The molecule has 1 fully saturated rings. The largest absolute Gasteiger partial charge is 0.490 e. The number of nitrogens with zero attached hydrogens (tertiary/aromatic N) is 1. The Bertz CT molecular complexity index is 625. The molecule has 1 saturated heterocycles. The zero-order valence-electron chi connectivity index (χ0n) is 12.2. The Morgan fingerprint density at radius 3 is 3.00 bits per heavy atom. The number of aromatic nitrogens is 1. The fraction of sp³-hybridized carbons (Fsp3) is 0.294. The number of rotatable bonds is 5. The van der Waals surface area contributed by atoms with Gasteiger partial charge in [0.25, 0.3) is 5.91 Å². The summed E-state index contributed by atoms with van der Waals surface area (Å²) in [4.78, 5) is 16.4. The summed E-state index contributed by atoms with van der Waals surface area (Å²) in [5.41, 5.74) is 1.16. The molecule has 0 saturated carbocycles. The number of hydrogen-bond acceptors (Lipinski definition) is 4. The van der Waals surface area contributed by atoms with Crippen LogP contribution in [0.15, 0.2) is 48.8 Å². The van der Waals surface area contributed by atoms with E-state index < -0.39 is 0 Å². The van der Waals surface area contributed by atoms with Gasteiger partial charge in [-0.1, -0.05) is 12.1 Å². The third kappa shape index (κ3) is 3.62. The van der Waals surface area contributed by atoms with Crippen LogP contribution in [0.2, 0.25) is 0 Å². The monoisotopic (exact) mass is 298 g/mol. The number of carbonyl (C=O) groups excluding carboxylic acids is 1. The number of nitrogens with one attached hydrogen (secondary N) is 1. The van der Waals surface area contributed by atoms with E-state index in [4.69, 9.17) is 9.47 Å². The topological polar surface area (TPSA) is 60.5 Å². The average molecular weight is 298 g/mol. The van der Waals surface area contributed by atoms with Gasteiger partial charge >= 0.3 is 0 Å². The van der Waals surface area contributed by atoms with Crippen molar-refractivity contribution >= 4 is 11.6 Å². The number of hydrogen-bond donors (Lipinski definition) is 1. The summed E-state index contributed by atoms with van der Waals surface area (Å²) in [6.07, 6.45) is 5.46. The highest BCUT2D eigenvalue weighted by Gasteiger charge is 2.18. The second-order valence-corrected chi connectivity index (χ2v) is 5.14. The van der Waals surface area contributed by atoms with E-state index in [1.807, 2.05) is 12.1 Å². The normalized spacial score (nSPS) is 17.2. The summed E-state index contributed by atoms with van der Waals surface area (Å²) in [5.74, 6) is 0.357. The van der Waals surface area contributed by atoms with Gasteiger partial charge in [-0.05, 0) is 37.1 Å². The van der Waals surface area contributed by atoms with Crippen molar-refractivity contribution in [2.24, 2.45) is 0 Å². The van der Waals surface area contributed by atoms with E-state index in [-0.39, 0.29) is 12.0 Å². The predicted molar refractivity (Wildman–Crippen MR) is 83.1 cm³/mol. The molecule has 2 aromatic rings. The molecule has 1 aliphatic heterocycles. The first-order valence-electron chi connectivity index (χ1n) is 7.38. The zero-order chi connectivity index (χ0) is 15.2. The Balaban J connectivity index is 1.68. The lowest BCUT2D eigenvalue weighted by atomic mass is 10.2. The molecular formula is C17H18N2O3. The van der Waals surface area contributed by atoms with Gasteiger partial charge in [-0.15, -0.1) is 0 Å². The minimum absolute atomic E-state index is 0.120. The summed E-state index contributed by atoms with van der Waals surface area (Å²) in [7, 11) is 0. The van der Waals surface area contributed by atoms with Crippen LogP contribution < -0.4 is 10.1 Å². The predicted octanol–water partition coefficient (Wildman–Crippen LogP) is 2.89. The summed E-state index contributed by atoms with van der Waals surface area (Å²) < 4.78 is 11.3. The van der Waals surface area contributed by atoms with Gasteiger partial charge in [-0.3, -0.25) is 9.78 Å². The molecule has 1 aromatic heterocycles. The summed E-state index contributed by atoms with van der Waals surface area (Å²) in [5, 5.41) is 2.81. The van der Waals surface area contributed by atoms with Crippen molar-refractivity contribution in [2.75, 3.05) is 18.5 Å². The first-order chi connectivity index (χ1) is 10.8. The van der Waals surface area contributed by atoms with Crippen LogP contribution in [0.4, 0.5) is 5.69 Å². The second-order valence-electron chi connectivity index (χ2n) is 5.14. The molecule has 2 heterocycles. The Morgan fingerprint density at radius 1 is 1.32 bits per heavy atom. The summed E-state index contributed by atoms with van der Waals surface area (Å²) in [6, 6.07) is 10.8. The second kappa shape index (κ2) is 7.04. The Hall–Kier alpha value is -2.40. The minimum atomic E-state index is -0.212. The first kappa shape index (κ1) is 14.5. The van der Waals surface area contributed by atoms with Gasteiger partial charge in [0.15, 0.2) is 0 Å². The molecule has 3 rings (SSSR count). The van der Waals surface area contributed by atoms with Crippen LogP contribution in [0.5, 0.6) is 5.75 Å². The molecule has 5 nitrogen and oxygen atoms in total. The number of anilines is 1. The first-order valence-corrected chi connectivity index (χ1v) is 7.38. The lowest BCUT2D eigenvalue weighted by Crippen LogP contribution is -2.19. The van der Waals surface area contributed by atoms with Crippen molar-refractivity contribution < 1.29 is 14.3 Å². The molecule has 0 radical (unpaired) electrons. The Labute approximate surface area is 129 Å². The van der Waals surface area contributed by atoms with Crippen LogP contribution in [0, 0.1) is 0 Å². The van der Waals surface area contributed by atoms with Crippen LogP contribution in [0.3, 0.4) is 0 Å². The van der Waals surface area contributed by atoms with E-state index in [1.54, 1.807) is 36.7 Å². The molecule has 0 spiro atoms. The Morgan fingerprint density at radius 2 is 2.23 bits per heavy atom. The van der Waals surface area contributed by atoms with Crippen LogP contribution in [0.1, 0.15) is 23.2 Å². The number of benzene rings is 1. The Kier molecular flexibility index (Phi) is 4.65. The van der Waals surface area contributed by atoms with Gasteiger partial charge in [-0.25, -0.2) is 0 Å². The highest BCUT2D eigenvalue weighted by Crippen LogP contribution is 2.21. The van der Waals surface area contributed by atoms with Crippen molar-refractivity contribution in [2.45, 2.75) is 18.9 Å². The fourth-order valence-corrected chi connectivity index (χ4v) is 2.37. The molecule has 1 aliphatic rings. The summed E-state index contributed by atoms with van der Waals surface area (Å²) >= 11 is 0. The average Bonchev–Trinajstić information content (AvgIpc) is 3.07. The van der Waals surface area contributed by atoms with E-state index in [0.29, 0.717) is 23.6 Å². The van der Waals surface area contributed by atoms with Gasteiger partial charge in [-0.2, -0.15) is 0 Å². The van der Waals surface area contributed by atoms with Gasteiger partial charge < -0.3 is 14.8 Å². The molecule has 1 atom stereocenters. The zero-order valence-corrected chi connectivity index (χ0v) is 12.2. The highest BCUT2D eigenvalue weighted by atomic mass is 16.5. The third-order valence-corrected chi connectivity index (χ3v) is 3.50. The van der Waals surface area contributed by atoms with E-state index in [9.17, 15) is 4.79 Å². The number of amides is 1. The van der Waals surface area contributed by atoms with Crippen molar-refractivity contribution in [3.8, 4) is 5.75 Å². The van der Waals surface area contributed by atoms with Crippen molar-refractivity contribution in [1.29, 1.82) is 0 Å². The van der Waals surface area contributed by atoms with Crippen molar-refractivity contribution in [3.63, 3.8) is 0 Å². The van der Waals surface area contributed by atoms with Crippen LogP contribution >= 0.6 is 0 Å². The number of pyridine rings is 1. The lowest BCUT2D eigenvalue weighted by Gasteiger charge is -2.14. The highest BCUT2D eigenvalue weighted by molar-refractivity contribution is 6.06. The van der Waals surface area contributed by atoms with Crippen LogP contribution in [0.25, 0.3) is 0 Å². The molecule has 1 amide bonds. The smallest absolute Gasteiger partial charge is 0.259 e. The van der Waals surface area contributed by atoms with Crippen molar-refractivity contribution in [1.82, 2.24) is 4.98 Å². The van der Waals surface area contributed by atoms with E-state index in [1.165, 1.54) is 0 Å². The standard InChI is InChI=1S/C17H18N2O3/c20-17(19-13-5-3-9-18-11-13)15-7-1-2-8-16(15)22-12-14-6-4-10-21-14/h1-3,5,7-9,11,14H,4,6,10,12H2,(H,19,20)/t14-/m0/s1. The molecule has 0 bridgehead atoms. The van der Waals surface area contributed by atoms with Crippen LogP contribution in [-0.4, -0.2) is 30.2 Å². The van der Waals surface area contributed by atoms with E-state index >= 15 is 0 Å². The quantitative estimate of drug-likeness (QED) is 0.922. The SMILES string of the molecule is O=C(Nc1cccnc1)c1ccccc1OC[C@@H]1CCCO1. The van der Waals surface area contributed by atoms with E-state index in [0.717, 1.165) is 19.4 Å². The molecule has 0 aliphatic carbocycles. The molecular weight excluding hydrogens is 280 g/mol. The van der Waals surface area contributed by atoms with E-state index in [2.05, 4.69) is 10.3 Å². The van der Waals surface area contributed by atoms with Gasteiger partial charge in [0.1, 0.15) is 12.4 Å². The van der Waals surface area contributed by atoms with Crippen molar-refractivity contribution in [3.05, 3.63) is 54.4 Å². The molecule has 1 N–H and O–H groups in total. The maximum atomic E-state index is 12.4. The third-order valence-electron chi connectivity index (χ3n) is 3.50. The molecule has 114 valence electrons. The molecule has 5 heteroatoms. The number of carbonyl (C=O) groups is 1. The number of para-hydroxylation sites is 1.